The highest BCUT2D eigenvalue weighted by atomic mass is 16.6. The third kappa shape index (κ3) is 6.03. The van der Waals surface area contributed by atoms with Crippen LogP contribution in [0.4, 0.5) is 11.4 Å². The number of Topliss-reactive ketones (excluding diaryl/α,β-unsaturated/α-hetero) is 1. The topological polar surface area (TPSA) is 134 Å². The summed E-state index contributed by atoms with van der Waals surface area (Å²) in [4.78, 5) is 45.8. The van der Waals surface area contributed by atoms with Crippen molar-refractivity contribution < 1.29 is 33.5 Å². The van der Waals surface area contributed by atoms with Crippen molar-refractivity contribution in [3.8, 4) is 11.5 Å². The lowest BCUT2D eigenvalue weighted by Gasteiger charge is -2.15. The van der Waals surface area contributed by atoms with Gasteiger partial charge in [0, 0.05) is 11.6 Å². The Kier molecular flexibility index (Phi) is 7.45. The van der Waals surface area contributed by atoms with Crippen LogP contribution in [0.5, 0.6) is 11.5 Å². The molecule has 0 spiro atoms. The molecule has 158 valence electrons. The van der Waals surface area contributed by atoms with E-state index in [0.717, 1.165) is 6.07 Å². The summed E-state index contributed by atoms with van der Waals surface area (Å²) in [6.45, 7) is 2.31. The number of anilines is 1. The van der Waals surface area contributed by atoms with Gasteiger partial charge in [-0.15, -0.1) is 0 Å². The number of amides is 1. The Morgan fingerprint density at radius 3 is 2.53 bits per heavy atom. The number of carbonyl (C=O) groups is 3. The lowest BCUT2D eigenvalue weighted by atomic mass is 10.1. The molecule has 0 fully saturated rings. The molecule has 0 saturated carbocycles. The van der Waals surface area contributed by atoms with E-state index in [0.29, 0.717) is 11.3 Å². The zero-order chi connectivity index (χ0) is 22.3. The van der Waals surface area contributed by atoms with E-state index in [-0.39, 0.29) is 22.9 Å². The van der Waals surface area contributed by atoms with Crippen molar-refractivity contribution in [1.29, 1.82) is 0 Å². The molecule has 10 heteroatoms. The Labute approximate surface area is 171 Å². The number of esters is 1. The van der Waals surface area contributed by atoms with E-state index in [9.17, 15) is 24.5 Å². The Balaban J connectivity index is 1.92. The second-order valence-electron chi connectivity index (χ2n) is 6.14. The maximum absolute atomic E-state index is 12.3. The van der Waals surface area contributed by atoms with Gasteiger partial charge in [-0.05, 0) is 32.0 Å². The van der Waals surface area contributed by atoms with Crippen molar-refractivity contribution in [2.24, 2.45) is 0 Å². The van der Waals surface area contributed by atoms with E-state index in [4.69, 9.17) is 14.2 Å². The summed E-state index contributed by atoms with van der Waals surface area (Å²) in [5.74, 6) is -1.19. The van der Waals surface area contributed by atoms with E-state index in [1.54, 1.807) is 18.2 Å². The van der Waals surface area contributed by atoms with Crippen molar-refractivity contribution in [3.63, 3.8) is 0 Å². The summed E-state index contributed by atoms with van der Waals surface area (Å²) < 4.78 is 15.4. The third-order valence-corrected chi connectivity index (χ3v) is 3.93. The second kappa shape index (κ2) is 10.0. The summed E-state index contributed by atoms with van der Waals surface area (Å²) in [5, 5.41) is 13.3. The van der Waals surface area contributed by atoms with E-state index >= 15 is 0 Å². The number of methoxy groups -OCH3 is 1. The number of carbonyl (C=O) groups excluding carboxylic acids is 3. The molecule has 0 aromatic heterocycles. The molecule has 0 aliphatic carbocycles. The van der Waals surface area contributed by atoms with Gasteiger partial charge >= 0.3 is 5.97 Å². The highest BCUT2D eigenvalue weighted by Crippen LogP contribution is 2.29. The maximum atomic E-state index is 12.3. The molecule has 0 saturated heterocycles. The molecule has 2 aromatic rings. The molecular formula is C20H20N2O8. The lowest BCUT2D eigenvalue weighted by Crippen LogP contribution is -2.31. The minimum atomic E-state index is -1.16. The number of benzene rings is 2. The van der Waals surface area contributed by atoms with Gasteiger partial charge in [0.1, 0.15) is 11.5 Å². The average molecular weight is 416 g/mol. The first-order chi connectivity index (χ1) is 14.2. The molecule has 2 aromatic carbocycles. The molecule has 1 atom stereocenters. The monoisotopic (exact) mass is 416 g/mol. The molecular weight excluding hydrogens is 396 g/mol. The molecule has 1 amide bonds. The van der Waals surface area contributed by atoms with Crippen LogP contribution in [0.1, 0.15) is 24.2 Å². The fourth-order valence-corrected chi connectivity index (χ4v) is 2.36. The molecule has 2 rings (SSSR count). The summed E-state index contributed by atoms with van der Waals surface area (Å²) in [7, 11) is 1.30. The number of hydrogen-bond acceptors (Lipinski definition) is 8. The van der Waals surface area contributed by atoms with Crippen LogP contribution in [0, 0.1) is 10.1 Å². The van der Waals surface area contributed by atoms with Crippen LogP contribution in [-0.2, 0) is 14.3 Å². The average Bonchev–Trinajstić information content (AvgIpc) is 2.72. The first-order valence-electron chi connectivity index (χ1n) is 8.78. The molecule has 10 nitrogen and oxygen atoms in total. The normalized spacial score (nSPS) is 11.2. The van der Waals surface area contributed by atoms with Crippen LogP contribution >= 0.6 is 0 Å². The summed E-state index contributed by atoms with van der Waals surface area (Å²) in [6.07, 6.45) is -1.16. The summed E-state index contributed by atoms with van der Waals surface area (Å²) >= 11 is 0. The number of ether oxygens (including phenoxy) is 3. The number of non-ortho nitro benzene ring substituents is 1. The van der Waals surface area contributed by atoms with E-state index in [1.807, 2.05) is 0 Å². The molecule has 30 heavy (non-hydrogen) atoms. The van der Waals surface area contributed by atoms with Gasteiger partial charge in [-0.25, -0.2) is 4.79 Å². The van der Waals surface area contributed by atoms with Crippen LogP contribution in [0.2, 0.25) is 0 Å². The Hall–Kier alpha value is -3.95. The fourth-order valence-electron chi connectivity index (χ4n) is 2.36. The largest absolute Gasteiger partial charge is 0.494 e. The van der Waals surface area contributed by atoms with Crippen molar-refractivity contribution in [1.82, 2.24) is 0 Å². The van der Waals surface area contributed by atoms with Gasteiger partial charge in [-0.1, -0.05) is 12.1 Å². The molecule has 0 heterocycles. The summed E-state index contributed by atoms with van der Waals surface area (Å²) in [5.41, 5.74) is 0.425. The van der Waals surface area contributed by atoms with Crippen LogP contribution in [0.3, 0.4) is 0 Å². The van der Waals surface area contributed by atoms with Crippen molar-refractivity contribution >= 4 is 29.0 Å². The Morgan fingerprint density at radius 2 is 1.90 bits per heavy atom. The predicted molar refractivity (Wildman–Crippen MR) is 106 cm³/mol. The predicted octanol–water partition coefficient (Wildman–Crippen LogP) is 2.76. The smallest absolute Gasteiger partial charge is 0.344 e. The standard InChI is InChI=1S/C20H20N2O8/c1-12(23)14-5-4-6-16(9-14)29-11-19(24)30-13(2)20(25)21-17-8-7-15(22(26)27)10-18(17)28-3/h4-10,13H,11H2,1-3H3,(H,21,25)/t13-/m1/s1. The number of nitrogens with one attached hydrogen (secondary N) is 1. The van der Waals surface area contributed by atoms with Gasteiger partial charge in [0.2, 0.25) is 0 Å². The molecule has 0 bridgehead atoms. The van der Waals surface area contributed by atoms with Crippen molar-refractivity contribution in [2.75, 3.05) is 19.0 Å². The van der Waals surface area contributed by atoms with Crippen molar-refractivity contribution in [3.05, 3.63) is 58.1 Å². The molecule has 1 N–H and O–H groups in total. The van der Waals surface area contributed by atoms with Crippen molar-refractivity contribution in [2.45, 2.75) is 20.0 Å². The quantitative estimate of drug-likeness (QED) is 0.285. The van der Waals surface area contributed by atoms with Gasteiger partial charge < -0.3 is 19.5 Å². The number of nitrogens with zero attached hydrogens (tertiary/aromatic N) is 1. The minimum absolute atomic E-state index is 0.0877. The molecule has 0 aliphatic rings. The second-order valence-corrected chi connectivity index (χ2v) is 6.14. The number of rotatable bonds is 9. The van der Waals surface area contributed by atoms with Crippen LogP contribution in [0.25, 0.3) is 0 Å². The van der Waals surface area contributed by atoms with Crippen LogP contribution < -0.4 is 14.8 Å². The van der Waals surface area contributed by atoms with Gasteiger partial charge in [-0.3, -0.25) is 19.7 Å². The third-order valence-electron chi connectivity index (χ3n) is 3.93. The van der Waals surface area contributed by atoms with E-state index in [2.05, 4.69) is 5.32 Å². The fraction of sp³-hybridized carbons (Fsp3) is 0.250. The zero-order valence-electron chi connectivity index (χ0n) is 16.5. The Bertz CT molecular complexity index is 973. The zero-order valence-corrected chi connectivity index (χ0v) is 16.5. The van der Waals surface area contributed by atoms with Crippen LogP contribution in [-0.4, -0.2) is 42.4 Å². The molecule has 0 unspecified atom stereocenters. The van der Waals surface area contributed by atoms with E-state index < -0.39 is 29.5 Å². The summed E-state index contributed by atoms with van der Waals surface area (Å²) in [6, 6.07) is 9.99. The van der Waals surface area contributed by atoms with Gasteiger partial charge in [0.15, 0.2) is 18.5 Å². The molecule has 0 radical (unpaired) electrons. The van der Waals surface area contributed by atoms with Gasteiger partial charge in [-0.2, -0.15) is 0 Å². The Morgan fingerprint density at radius 1 is 1.17 bits per heavy atom. The first kappa shape index (κ1) is 22.3. The number of hydrogen-bond donors (Lipinski definition) is 1. The van der Waals surface area contributed by atoms with Gasteiger partial charge in [0.25, 0.3) is 11.6 Å². The number of nitro benzene ring substituents is 1. The first-order valence-corrected chi connectivity index (χ1v) is 8.78. The molecule has 0 aliphatic heterocycles. The highest BCUT2D eigenvalue weighted by molar-refractivity contribution is 5.96. The SMILES string of the molecule is COc1cc([N+](=O)[O-])ccc1NC(=O)[C@@H](C)OC(=O)COc1cccc(C(C)=O)c1. The minimum Gasteiger partial charge on any atom is -0.494 e. The number of nitro groups is 1. The number of ketones is 1. The van der Waals surface area contributed by atoms with E-state index in [1.165, 1.54) is 39.2 Å². The highest BCUT2D eigenvalue weighted by Gasteiger charge is 2.21. The van der Waals surface area contributed by atoms with Crippen LogP contribution in [0.15, 0.2) is 42.5 Å². The lowest BCUT2D eigenvalue weighted by molar-refractivity contribution is -0.384. The van der Waals surface area contributed by atoms with Gasteiger partial charge in [0.05, 0.1) is 23.8 Å². The maximum Gasteiger partial charge on any atom is 0.344 e.